The van der Waals surface area contributed by atoms with E-state index in [0.717, 1.165) is 37.7 Å². The Morgan fingerprint density at radius 2 is 1.80 bits per heavy atom. The number of rotatable bonds is 6. The van der Waals surface area contributed by atoms with Gasteiger partial charge in [-0.1, -0.05) is 51.1 Å². The van der Waals surface area contributed by atoms with E-state index in [1.807, 2.05) is 30.3 Å². The van der Waals surface area contributed by atoms with Crippen molar-refractivity contribution in [3.05, 3.63) is 35.9 Å². The first-order valence-corrected chi connectivity index (χ1v) is 14.3. The van der Waals surface area contributed by atoms with Crippen LogP contribution in [0.4, 0.5) is 0 Å². The Morgan fingerprint density at radius 1 is 1.03 bits per heavy atom. The minimum absolute atomic E-state index is 0.0497. The highest BCUT2D eigenvalue weighted by atomic mass is 16.5. The number of carbonyl (C=O) groups is 1. The molecule has 4 aliphatic rings. The highest BCUT2D eigenvalue weighted by Gasteiger charge is 2.63. The van der Waals surface area contributed by atoms with Crippen molar-refractivity contribution in [2.45, 2.75) is 104 Å². The molecule has 0 saturated heterocycles. The maximum absolute atomic E-state index is 12.5. The third-order valence-corrected chi connectivity index (χ3v) is 11.5. The van der Waals surface area contributed by atoms with E-state index < -0.39 is 0 Å². The summed E-state index contributed by atoms with van der Waals surface area (Å²) in [4.78, 5) is 12.5. The topological polar surface area (TPSA) is 66.8 Å². The summed E-state index contributed by atoms with van der Waals surface area (Å²) in [6.07, 6.45) is 9.69. The first-order chi connectivity index (χ1) is 16.7. The number of aliphatic hydroxyl groups excluding tert-OH is 2. The number of aliphatic hydroxyl groups is 2. The van der Waals surface area contributed by atoms with Crippen molar-refractivity contribution in [1.29, 1.82) is 0 Å². The SMILES string of the molecule is C[C@H](CCC(=O)OCc1ccccc1)[C@H]1CCC2C3CCC4C[C@H](O)CC[C@]4(C)C3C[C@H](O)[C@@]21C. The molecule has 4 saturated carbocycles. The van der Waals surface area contributed by atoms with Crippen LogP contribution in [-0.2, 0) is 16.1 Å². The molecule has 4 heteroatoms. The second-order valence-corrected chi connectivity index (χ2v) is 13.0. The van der Waals surface area contributed by atoms with Gasteiger partial charge in [0.25, 0.3) is 0 Å². The number of ether oxygens (including phenoxy) is 1. The van der Waals surface area contributed by atoms with Gasteiger partial charge >= 0.3 is 5.97 Å². The summed E-state index contributed by atoms with van der Waals surface area (Å²) in [6, 6.07) is 9.86. The molecule has 4 aliphatic carbocycles. The zero-order chi connectivity index (χ0) is 24.8. The number of esters is 1. The van der Waals surface area contributed by atoms with Crippen LogP contribution in [0.2, 0.25) is 0 Å². The van der Waals surface area contributed by atoms with Gasteiger partial charge in [-0.15, -0.1) is 0 Å². The Kier molecular flexibility index (Phi) is 7.09. The standard InChI is InChI=1S/C31H46O4/c1-20(9-14-29(34)35-19-21-7-5-4-6-8-21)25-12-13-26-24-11-10-22-17-23(32)15-16-30(22,2)27(24)18-28(33)31(25,26)3/h4-8,20,22-28,32-33H,9-19H2,1-3H3/t20-,22?,23-,24?,25-,26?,27?,28+,30+,31-/m1/s1. The van der Waals surface area contributed by atoms with Crippen molar-refractivity contribution in [3.63, 3.8) is 0 Å². The highest BCUT2D eigenvalue weighted by molar-refractivity contribution is 5.69. The largest absolute Gasteiger partial charge is 0.461 e. The number of fused-ring (bicyclic) bond motifs is 5. The van der Waals surface area contributed by atoms with E-state index in [2.05, 4.69) is 20.8 Å². The zero-order valence-electron chi connectivity index (χ0n) is 22.0. The van der Waals surface area contributed by atoms with Crippen LogP contribution in [0.3, 0.4) is 0 Å². The summed E-state index contributed by atoms with van der Waals surface area (Å²) in [5, 5.41) is 22.0. The monoisotopic (exact) mass is 482 g/mol. The lowest BCUT2D eigenvalue weighted by atomic mass is 9.43. The van der Waals surface area contributed by atoms with E-state index in [4.69, 9.17) is 4.74 Å². The third-order valence-electron chi connectivity index (χ3n) is 11.5. The van der Waals surface area contributed by atoms with E-state index in [0.29, 0.717) is 48.5 Å². The van der Waals surface area contributed by atoms with Gasteiger partial charge in [0.1, 0.15) is 6.61 Å². The second-order valence-electron chi connectivity index (χ2n) is 13.0. The molecule has 0 aliphatic heterocycles. The number of benzene rings is 1. The predicted molar refractivity (Wildman–Crippen MR) is 137 cm³/mol. The molecule has 5 rings (SSSR count). The van der Waals surface area contributed by atoms with Crippen molar-refractivity contribution in [2.75, 3.05) is 0 Å². The fraction of sp³-hybridized carbons (Fsp3) is 0.774. The van der Waals surface area contributed by atoms with Gasteiger partial charge in [-0.25, -0.2) is 0 Å². The number of hydrogen-bond acceptors (Lipinski definition) is 4. The lowest BCUT2D eigenvalue weighted by molar-refractivity contribution is -0.175. The normalized spacial score (nSPS) is 43.5. The van der Waals surface area contributed by atoms with Crippen LogP contribution in [0.15, 0.2) is 30.3 Å². The Balaban J connectivity index is 1.22. The van der Waals surface area contributed by atoms with Gasteiger partial charge in [-0.05, 0) is 110 Å². The van der Waals surface area contributed by atoms with Crippen molar-refractivity contribution in [3.8, 4) is 0 Å². The van der Waals surface area contributed by atoms with Gasteiger partial charge in [0.05, 0.1) is 12.2 Å². The summed E-state index contributed by atoms with van der Waals surface area (Å²) in [7, 11) is 0. The highest BCUT2D eigenvalue weighted by Crippen LogP contribution is 2.68. The van der Waals surface area contributed by atoms with Gasteiger partial charge in [0.15, 0.2) is 0 Å². The summed E-state index contributed by atoms with van der Waals surface area (Å²) in [6.45, 7) is 7.49. The van der Waals surface area contributed by atoms with E-state index in [1.165, 1.54) is 25.7 Å². The third kappa shape index (κ3) is 4.48. The van der Waals surface area contributed by atoms with Crippen LogP contribution >= 0.6 is 0 Å². The summed E-state index contributed by atoms with van der Waals surface area (Å²) in [5.74, 6) is 3.23. The van der Waals surface area contributed by atoms with E-state index in [-0.39, 0.29) is 29.0 Å². The number of carbonyl (C=O) groups excluding carboxylic acids is 1. The Bertz CT molecular complexity index is 885. The molecule has 1 aromatic carbocycles. The average molecular weight is 483 g/mol. The minimum atomic E-state index is -0.267. The van der Waals surface area contributed by atoms with Gasteiger partial charge in [0, 0.05) is 6.42 Å². The maximum Gasteiger partial charge on any atom is 0.306 e. The van der Waals surface area contributed by atoms with Gasteiger partial charge in [-0.2, -0.15) is 0 Å². The molecular weight excluding hydrogens is 436 g/mol. The maximum atomic E-state index is 12.5. The molecule has 194 valence electrons. The molecule has 0 bridgehead atoms. The molecule has 0 heterocycles. The summed E-state index contributed by atoms with van der Waals surface area (Å²) in [5.41, 5.74) is 1.25. The molecule has 2 N–H and O–H groups in total. The number of hydrogen-bond donors (Lipinski definition) is 2. The van der Waals surface area contributed by atoms with E-state index >= 15 is 0 Å². The molecule has 0 aromatic heterocycles. The molecule has 0 amide bonds. The Morgan fingerprint density at radius 3 is 2.57 bits per heavy atom. The second kappa shape index (κ2) is 9.82. The van der Waals surface area contributed by atoms with E-state index in [9.17, 15) is 15.0 Å². The molecule has 1 aromatic rings. The van der Waals surface area contributed by atoms with Crippen LogP contribution in [0.25, 0.3) is 0 Å². The van der Waals surface area contributed by atoms with Crippen LogP contribution in [0, 0.1) is 46.3 Å². The van der Waals surface area contributed by atoms with Crippen LogP contribution in [-0.4, -0.2) is 28.4 Å². The van der Waals surface area contributed by atoms with Gasteiger partial charge < -0.3 is 14.9 Å². The first-order valence-electron chi connectivity index (χ1n) is 14.3. The van der Waals surface area contributed by atoms with E-state index in [1.54, 1.807) is 0 Å². The van der Waals surface area contributed by atoms with Crippen molar-refractivity contribution >= 4 is 5.97 Å². The smallest absolute Gasteiger partial charge is 0.306 e. The summed E-state index contributed by atoms with van der Waals surface area (Å²) >= 11 is 0. The van der Waals surface area contributed by atoms with Crippen LogP contribution < -0.4 is 0 Å². The van der Waals surface area contributed by atoms with Crippen LogP contribution in [0.1, 0.15) is 90.5 Å². The van der Waals surface area contributed by atoms with Gasteiger partial charge in [-0.3, -0.25) is 4.79 Å². The summed E-state index contributed by atoms with van der Waals surface area (Å²) < 4.78 is 5.53. The Hall–Kier alpha value is -1.39. The zero-order valence-corrected chi connectivity index (χ0v) is 22.0. The molecule has 35 heavy (non-hydrogen) atoms. The lowest BCUT2D eigenvalue weighted by Gasteiger charge is -2.62. The van der Waals surface area contributed by atoms with Crippen molar-refractivity contribution < 1.29 is 19.7 Å². The van der Waals surface area contributed by atoms with Crippen molar-refractivity contribution in [2.24, 2.45) is 46.3 Å². The quantitative estimate of drug-likeness (QED) is 0.478. The molecular formula is C31H46O4. The molecule has 4 nitrogen and oxygen atoms in total. The van der Waals surface area contributed by atoms with Crippen molar-refractivity contribution in [1.82, 2.24) is 0 Å². The first kappa shape index (κ1) is 25.3. The fourth-order valence-corrected chi connectivity index (χ4v) is 9.52. The molecule has 10 atom stereocenters. The fourth-order valence-electron chi connectivity index (χ4n) is 9.52. The molecule has 0 radical (unpaired) electrons. The molecule has 0 spiro atoms. The predicted octanol–water partition coefficient (Wildman–Crippen LogP) is 6.14. The van der Waals surface area contributed by atoms with Crippen LogP contribution in [0.5, 0.6) is 0 Å². The Labute approximate surface area is 211 Å². The van der Waals surface area contributed by atoms with Gasteiger partial charge in [0.2, 0.25) is 0 Å². The minimum Gasteiger partial charge on any atom is -0.461 e. The molecule has 4 unspecified atom stereocenters. The molecule has 4 fully saturated rings. The average Bonchev–Trinajstić information content (AvgIpc) is 3.22. The lowest BCUT2D eigenvalue weighted by Crippen LogP contribution is -2.58.